The first-order valence-electron chi connectivity index (χ1n) is 9.99. The summed E-state index contributed by atoms with van der Waals surface area (Å²) in [7, 11) is 0. The second-order valence-electron chi connectivity index (χ2n) is 7.49. The van der Waals surface area contributed by atoms with E-state index in [0.717, 1.165) is 48.7 Å². The number of nitrogens with zero attached hydrogens (tertiary/aromatic N) is 4. The molecule has 1 amide bonds. The smallest absolute Gasteiger partial charge is 0.226 e. The predicted octanol–water partition coefficient (Wildman–Crippen LogP) is 3.35. The number of likely N-dealkylation sites (tertiary alicyclic amines) is 1. The van der Waals surface area contributed by atoms with Crippen molar-refractivity contribution in [2.24, 2.45) is 5.92 Å². The van der Waals surface area contributed by atoms with E-state index in [1.54, 1.807) is 12.4 Å². The highest BCUT2D eigenvalue weighted by atomic mass is 16.2. The largest absolute Gasteiger partial charge is 0.370 e. The molecule has 1 fully saturated rings. The van der Waals surface area contributed by atoms with Crippen LogP contribution in [0.15, 0.2) is 60.9 Å². The minimum Gasteiger partial charge on any atom is -0.370 e. The lowest BCUT2D eigenvalue weighted by atomic mass is 10.1. The summed E-state index contributed by atoms with van der Waals surface area (Å²) >= 11 is 0. The van der Waals surface area contributed by atoms with Gasteiger partial charge in [0, 0.05) is 49.4 Å². The monoisotopic (exact) mass is 387 g/mol. The SMILES string of the molecule is Cc1cc(NCC2CCN(C(=O)Cc3ccccc3)C2)nc(-c2ccncc2)n1. The molecular formula is C23H25N5O. The highest BCUT2D eigenvalue weighted by molar-refractivity contribution is 5.79. The van der Waals surface area contributed by atoms with E-state index in [9.17, 15) is 4.79 Å². The molecule has 1 atom stereocenters. The molecule has 0 spiro atoms. The van der Waals surface area contributed by atoms with Gasteiger partial charge in [0.25, 0.3) is 0 Å². The number of anilines is 1. The Morgan fingerprint density at radius 2 is 1.93 bits per heavy atom. The van der Waals surface area contributed by atoms with E-state index in [-0.39, 0.29) is 5.91 Å². The Bertz CT molecular complexity index is 962. The minimum atomic E-state index is 0.205. The zero-order chi connectivity index (χ0) is 20.1. The Kier molecular flexibility index (Phi) is 5.79. The fourth-order valence-corrected chi connectivity index (χ4v) is 3.65. The molecule has 4 rings (SSSR count). The van der Waals surface area contributed by atoms with Gasteiger partial charge in [-0.05, 0) is 37.0 Å². The van der Waals surface area contributed by atoms with E-state index in [4.69, 9.17) is 0 Å². The first-order valence-corrected chi connectivity index (χ1v) is 9.99. The van der Waals surface area contributed by atoms with Crippen LogP contribution in [0, 0.1) is 12.8 Å². The van der Waals surface area contributed by atoms with Crippen LogP contribution >= 0.6 is 0 Å². The fraction of sp³-hybridized carbons (Fsp3) is 0.304. The van der Waals surface area contributed by atoms with Crippen molar-refractivity contribution in [3.63, 3.8) is 0 Å². The first kappa shape index (κ1) is 19.1. The molecule has 6 heteroatoms. The number of benzene rings is 1. The Hall–Kier alpha value is -3.28. The maximum absolute atomic E-state index is 12.6. The van der Waals surface area contributed by atoms with Crippen molar-refractivity contribution in [3.8, 4) is 11.4 Å². The molecule has 2 aromatic heterocycles. The van der Waals surface area contributed by atoms with Crippen molar-refractivity contribution >= 4 is 11.7 Å². The number of nitrogens with one attached hydrogen (secondary N) is 1. The molecule has 148 valence electrons. The van der Waals surface area contributed by atoms with E-state index >= 15 is 0 Å². The summed E-state index contributed by atoms with van der Waals surface area (Å²) in [5, 5.41) is 3.44. The standard InChI is InChI=1S/C23H25N5O/c1-17-13-21(27-23(26-17)20-7-10-24-11-8-20)25-15-19-9-12-28(16-19)22(29)14-18-5-3-2-4-6-18/h2-8,10-11,13,19H,9,12,14-16H2,1H3,(H,25,26,27). The maximum atomic E-state index is 12.6. The van der Waals surface area contributed by atoms with Crippen LogP contribution < -0.4 is 5.32 Å². The van der Waals surface area contributed by atoms with Crippen LogP contribution in [0.1, 0.15) is 17.7 Å². The van der Waals surface area contributed by atoms with Crippen molar-refractivity contribution in [3.05, 3.63) is 72.2 Å². The number of carbonyl (C=O) groups excluding carboxylic acids is 1. The average Bonchev–Trinajstić information content (AvgIpc) is 3.23. The molecule has 0 aliphatic carbocycles. The molecule has 1 aliphatic heterocycles. The van der Waals surface area contributed by atoms with Gasteiger partial charge in [-0.15, -0.1) is 0 Å². The number of carbonyl (C=O) groups is 1. The highest BCUT2D eigenvalue weighted by Gasteiger charge is 2.26. The minimum absolute atomic E-state index is 0.205. The zero-order valence-electron chi connectivity index (χ0n) is 16.6. The lowest BCUT2D eigenvalue weighted by Crippen LogP contribution is -2.31. The summed E-state index contributed by atoms with van der Waals surface area (Å²) < 4.78 is 0. The summed E-state index contributed by atoms with van der Waals surface area (Å²) in [6.45, 7) is 4.38. The summed E-state index contributed by atoms with van der Waals surface area (Å²) in [5.41, 5.74) is 2.94. The normalized spacial score (nSPS) is 16.0. The van der Waals surface area contributed by atoms with Gasteiger partial charge in [-0.3, -0.25) is 9.78 Å². The van der Waals surface area contributed by atoms with E-state index in [1.807, 2.05) is 60.4 Å². The van der Waals surface area contributed by atoms with Gasteiger partial charge in [0.1, 0.15) is 5.82 Å². The molecule has 1 aliphatic rings. The van der Waals surface area contributed by atoms with Crippen LogP contribution in [-0.4, -0.2) is 45.4 Å². The molecule has 3 aromatic rings. The Balaban J connectivity index is 1.33. The van der Waals surface area contributed by atoms with Crippen molar-refractivity contribution < 1.29 is 4.79 Å². The van der Waals surface area contributed by atoms with Crippen LogP contribution in [0.3, 0.4) is 0 Å². The van der Waals surface area contributed by atoms with Gasteiger partial charge >= 0.3 is 0 Å². The number of amides is 1. The van der Waals surface area contributed by atoms with E-state index in [2.05, 4.69) is 20.3 Å². The van der Waals surface area contributed by atoms with Gasteiger partial charge < -0.3 is 10.2 Å². The molecule has 0 radical (unpaired) electrons. The zero-order valence-corrected chi connectivity index (χ0v) is 16.6. The van der Waals surface area contributed by atoms with Crippen molar-refractivity contribution in [1.29, 1.82) is 0 Å². The molecule has 1 saturated heterocycles. The van der Waals surface area contributed by atoms with Crippen molar-refractivity contribution in [1.82, 2.24) is 19.9 Å². The van der Waals surface area contributed by atoms with Crippen LogP contribution in [0.25, 0.3) is 11.4 Å². The number of aromatic nitrogens is 3. The third-order valence-corrected chi connectivity index (χ3v) is 5.20. The van der Waals surface area contributed by atoms with Crippen LogP contribution in [0.5, 0.6) is 0 Å². The van der Waals surface area contributed by atoms with Gasteiger partial charge in [-0.2, -0.15) is 0 Å². The summed E-state index contributed by atoms with van der Waals surface area (Å²) in [6, 6.07) is 15.7. The summed E-state index contributed by atoms with van der Waals surface area (Å²) in [5.74, 6) is 2.14. The number of pyridine rings is 1. The number of hydrogen-bond donors (Lipinski definition) is 1. The van der Waals surface area contributed by atoms with Gasteiger partial charge in [0.2, 0.25) is 5.91 Å². The van der Waals surface area contributed by atoms with Gasteiger partial charge in [0.05, 0.1) is 6.42 Å². The lowest BCUT2D eigenvalue weighted by molar-refractivity contribution is -0.129. The molecule has 1 unspecified atom stereocenters. The highest BCUT2D eigenvalue weighted by Crippen LogP contribution is 2.20. The van der Waals surface area contributed by atoms with Gasteiger partial charge in [0.15, 0.2) is 5.82 Å². The predicted molar refractivity (Wildman–Crippen MR) is 113 cm³/mol. The average molecular weight is 387 g/mol. The summed E-state index contributed by atoms with van der Waals surface area (Å²) in [4.78, 5) is 27.8. The van der Waals surface area contributed by atoms with Crippen LogP contribution in [0.4, 0.5) is 5.82 Å². The number of rotatable bonds is 6. The topological polar surface area (TPSA) is 71.0 Å². The summed E-state index contributed by atoms with van der Waals surface area (Å²) in [6.07, 6.45) is 4.97. The van der Waals surface area contributed by atoms with E-state index in [0.29, 0.717) is 18.2 Å². The van der Waals surface area contributed by atoms with Gasteiger partial charge in [-0.25, -0.2) is 9.97 Å². The lowest BCUT2D eigenvalue weighted by Gasteiger charge is -2.17. The van der Waals surface area contributed by atoms with E-state index < -0.39 is 0 Å². The van der Waals surface area contributed by atoms with Crippen molar-refractivity contribution in [2.75, 3.05) is 25.0 Å². The van der Waals surface area contributed by atoms with Gasteiger partial charge in [-0.1, -0.05) is 30.3 Å². The second kappa shape index (κ2) is 8.82. The Morgan fingerprint density at radius 1 is 1.14 bits per heavy atom. The number of hydrogen-bond acceptors (Lipinski definition) is 5. The third-order valence-electron chi connectivity index (χ3n) is 5.20. The molecule has 0 bridgehead atoms. The van der Waals surface area contributed by atoms with Crippen LogP contribution in [-0.2, 0) is 11.2 Å². The molecule has 1 N–H and O–H groups in total. The van der Waals surface area contributed by atoms with Crippen molar-refractivity contribution in [2.45, 2.75) is 19.8 Å². The molecular weight excluding hydrogens is 362 g/mol. The molecule has 0 saturated carbocycles. The molecule has 6 nitrogen and oxygen atoms in total. The maximum Gasteiger partial charge on any atom is 0.226 e. The Labute approximate surface area is 171 Å². The Morgan fingerprint density at radius 3 is 2.72 bits per heavy atom. The first-order chi connectivity index (χ1) is 14.2. The molecule has 3 heterocycles. The van der Waals surface area contributed by atoms with E-state index in [1.165, 1.54) is 0 Å². The molecule has 29 heavy (non-hydrogen) atoms. The second-order valence-corrected chi connectivity index (χ2v) is 7.49. The molecule has 1 aromatic carbocycles. The fourth-order valence-electron chi connectivity index (χ4n) is 3.65. The van der Waals surface area contributed by atoms with Crippen LogP contribution in [0.2, 0.25) is 0 Å². The third kappa shape index (κ3) is 4.96. The number of aryl methyl sites for hydroxylation is 1. The quantitative estimate of drug-likeness (QED) is 0.702.